The Balaban J connectivity index is 1.86. The van der Waals surface area contributed by atoms with E-state index in [-0.39, 0.29) is 0 Å². The smallest absolute Gasteiger partial charge is 0.0714 e. The summed E-state index contributed by atoms with van der Waals surface area (Å²) in [6.07, 6.45) is 4.41. The molecule has 3 rings (SSSR count). The predicted molar refractivity (Wildman–Crippen MR) is 83.1 cm³/mol. The fraction of sp³-hybridized carbons (Fsp3) is 0.400. The summed E-state index contributed by atoms with van der Waals surface area (Å²) in [4.78, 5) is 8.12. The molecule has 4 heteroatoms. The van der Waals surface area contributed by atoms with Gasteiger partial charge in [0.2, 0.25) is 0 Å². The Bertz CT molecular complexity index is 579. The Morgan fingerprint density at radius 3 is 2.84 bits per heavy atom. The Hall–Kier alpha value is -0.770. The van der Waals surface area contributed by atoms with Crippen LogP contribution in [0.1, 0.15) is 12.8 Å². The summed E-state index contributed by atoms with van der Waals surface area (Å²) in [6, 6.07) is 8.04. The van der Waals surface area contributed by atoms with Crippen LogP contribution in [0.25, 0.3) is 10.9 Å². The minimum absolute atomic E-state index is 0.709. The monoisotopic (exact) mass is 292 g/mol. The maximum Gasteiger partial charge on any atom is 0.0714 e. The van der Waals surface area contributed by atoms with Gasteiger partial charge in [-0.15, -0.1) is 11.8 Å². The lowest BCUT2D eigenvalue weighted by Crippen LogP contribution is -2.31. The molecule has 2 aromatic rings. The van der Waals surface area contributed by atoms with Crippen LogP contribution in [0.4, 0.5) is 0 Å². The van der Waals surface area contributed by atoms with Gasteiger partial charge in [0, 0.05) is 26.8 Å². The van der Waals surface area contributed by atoms with Gasteiger partial charge in [-0.25, -0.2) is 0 Å². The fourth-order valence-electron chi connectivity index (χ4n) is 2.48. The number of likely N-dealkylation sites (tertiary alicyclic amines) is 1. The molecule has 2 nitrogen and oxygen atoms in total. The zero-order chi connectivity index (χ0) is 13.2. The number of rotatable bonds is 2. The van der Waals surface area contributed by atoms with E-state index < -0.39 is 0 Å². The second-order valence-electron chi connectivity index (χ2n) is 5.09. The lowest BCUT2D eigenvalue weighted by atomic mass is 10.1. The molecule has 1 aliphatic rings. The van der Waals surface area contributed by atoms with Crippen LogP contribution < -0.4 is 0 Å². The first-order valence-electron chi connectivity index (χ1n) is 6.62. The largest absolute Gasteiger partial charge is 0.306 e. The van der Waals surface area contributed by atoms with E-state index in [2.05, 4.69) is 23.0 Å². The second-order valence-corrected chi connectivity index (χ2v) is 6.87. The SMILES string of the molecule is CN1CCC(Sc2ccnc3ccc(Cl)cc23)CC1. The molecule has 1 aromatic carbocycles. The molecule has 2 heterocycles. The van der Waals surface area contributed by atoms with Crippen LogP contribution in [-0.4, -0.2) is 35.3 Å². The molecular weight excluding hydrogens is 276 g/mol. The van der Waals surface area contributed by atoms with Gasteiger partial charge >= 0.3 is 0 Å². The first-order chi connectivity index (χ1) is 9.22. The molecule has 0 N–H and O–H groups in total. The third kappa shape index (κ3) is 3.04. The summed E-state index contributed by atoms with van der Waals surface area (Å²) < 4.78 is 0. The molecule has 100 valence electrons. The molecule has 0 amide bonds. The summed E-state index contributed by atoms with van der Waals surface area (Å²) in [5.74, 6) is 0. The van der Waals surface area contributed by atoms with Crippen molar-refractivity contribution in [3.8, 4) is 0 Å². The van der Waals surface area contributed by atoms with E-state index in [1.54, 1.807) is 0 Å². The van der Waals surface area contributed by atoms with Crippen LogP contribution in [0.15, 0.2) is 35.4 Å². The van der Waals surface area contributed by atoms with Gasteiger partial charge in [-0.1, -0.05) is 11.6 Å². The molecule has 1 aromatic heterocycles. The minimum Gasteiger partial charge on any atom is -0.306 e. The topological polar surface area (TPSA) is 16.1 Å². The van der Waals surface area contributed by atoms with Crippen LogP contribution in [-0.2, 0) is 0 Å². The highest BCUT2D eigenvalue weighted by Gasteiger charge is 2.18. The van der Waals surface area contributed by atoms with Crippen molar-refractivity contribution in [1.29, 1.82) is 0 Å². The van der Waals surface area contributed by atoms with Crippen LogP contribution in [0.5, 0.6) is 0 Å². The summed E-state index contributed by atoms with van der Waals surface area (Å²) in [7, 11) is 2.20. The highest BCUT2D eigenvalue weighted by Crippen LogP contribution is 2.35. The van der Waals surface area contributed by atoms with Crippen LogP contribution in [0.2, 0.25) is 5.02 Å². The summed E-state index contributed by atoms with van der Waals surface area (Å²) in [5, 5.41) is 2.67. The zero-order valence-corrected chi connectivity index (χ0v) is 12.5. The van der Waals surface area contributed by atoms with Crippen molar-refractivity contribution >= 4 is 34.3 Å². The molecule has 0 spiro atoms. The van der Waals surface area contributed by atoms with Crippen molar-refractivity contribution in [2.24, 2.45) is 0 Å². The van der Waals surface area contributed by atoms with Crippen molar-refractivity contribution in [3.05, 3.63) is 35.5 Å². The molecule has 0 saturated carbocycles. The normalized spacial score (nSPS) is 18.0. The Kier molecular flexibility index (Phi) is 3.96. The summed E-state index contributed by atoms with van der Waals surface area (Å²) in [5.41, 5.74) is 1.03. The van der Waals surface area contributed by atoms with E-state index in [4.69, 9.17) is 11.6 Å². The van der Waals surface area contributed by atoms with E-state index in [0.717, 1.165) is 10.5 Å². The number of thioether (sulfide) groups is 1. The third-order valence-electron chi connectivity index (χ3n) is 3.62. The first kappa shape index (κ1) is 13.2. The van der Waals surface area contributed by atoms with Crippen LogP contribution in [0.3, 0.4) is 0 Å². The summed E-state index contributed by atoms with van der Waals surface area (Å²) in [6.45, 7) is 2.39. The number of aromatic nitrogens is 1. The Morgan fingerprint density at radius 2 is 2.05 bits per heavy atom. The molecule has 19 heavy (non-hydrogen) atoms. The highest BCUT2D eigenvalue weighted by molar-refractivity contribution is 8.00. The number of fused-ring (bicyclic) bond motifs is 1. The lowest BCUT2D eigenvalue weighted by molar-refractivity contribution is 0.282. The van der Waals surface area contributed by atoms with Crippen molar-refractivity contribution in [1.82, 2.24) is 9.88 Å². The van der Waals surface area contributed by atoms with E-state index in [9.17, 15) is 0 Å². The van der Waals surface area contributed by atoms with Gasteiger partial charge in [0.05, 0.1) is 5.52 Å². The highest BCUT2D eigenvalue weighted by atomic mass is 35.5. The van der Waals surface area contributed by atoms with E-state index in [1.165, 1.54) is 36.2 Å². The van der Waals surface area contributed by atoms with Gasteiger partial charge in [-0.05, 0) is 57.2 Å². The standard InChI is InChI=1S/C15H17ClN2S/c1-18-8-5-12(6-9-18)19-15-4-7-17-14-3-2-11(16)10-13(14)15/h2-4,7,10,12H,5-6,8-9H2,1H3. The zero-order valence-electron chi connectivity index (χ0n) is 11.0. The lowest BCUT2D eigenvalue weighted by Gasteiger charge is -2.28. The molecule has 0 radical (unpaired) electrons. The molecule has 0 bridgehead atoms. The number of halogens is 1. The maximum absolute atomic E-state index is 6.11. The van der Waals surface area contributed by atoms with Crippen molar-refractivity contribution in [2.75, 3.05) is 20.1 Å². The van der Waals surface area contributed by atoms with Gasteiger partial charge in [0.1, 0.15) is 0 Å². The van der Waals surface area contributed by atoms with Crippen molar-refractivity contribution in [2.45, 2.75) is 23.0 Å². The number of pyridine rings is 1. The van der Waals surface area contributed by atoms with Crippen LogP contribution in [0, 0.1) is 0 Å². The number of hydrogen-bond acceptors (Lipinski definition) is 3. The van der Waals surface area contributed by atoms with Gasteiger partial charge in [0.25, 0.3) is 0 Å². The number of nitrogens with zero attached hydrogens (tertiary/aromatic N) is 2. The number of benzene rings is 1. The average molecular weight is 293 g/mol. The predicted octanol–water partition coefficient (Wildman–Crippen LogP) is 4.07. The van der Waals surface area contributed by atoms with Gasteiger partial charge in [-0.3, -0.25) is 4.98 Å². The maximum atomic E-state index is 6.11. The first-order valence-corrected chi connectivity index (χ1v) is 7.87. The molecule has 1 aliphatic heterocycles. The fourth-order valence-corrected chi connectivity index (χ4v) is 3.89. The minimum atomic E-state index is 0.709. The molecule has 0 atom stereocenters. The quantitative estimate of drug-likeness (QED) is 0.830. The molecular formula is C15H17ClN2S. The number of piperidine rings is 1. The van der Waals surface area contributed by atoms with Crippen LogP contribution >= 0.6 is 23.4 Å². The van der Waals surface area contributed by atoms with Gasteiger partial charge in [-0.2, -0.15) is 0 Å². The third-order valence-corrected chi connectivity index (χ3v) is 5.27. The second kappa shape index (κ2) is 5.70. The van der Waals surface area contributed by atoms with Crippen molar-refractivity contribution in [3.63, 3.8) is 0 Å². The Morgan fingerprint density at radius 1 is 1.26 bits per heavy atom. The number of hydrogen-bond donors (Lipinski definition) is 0. The molecule has 1 saturated heterocycles. The average Bonchev–Trinajstić information content (AvgIpc) is 2.42. The van der Waals surface area contributed by atoms with E-state index >= 15 is 0 Å². The van der Waals surface area contributed by atoms with E-state index in [1.807, 2.05) is 36.2 Å². The molecule has 0 aliphatic carbocycles. The van der Waals surface area contributed by atoms with Gasteiger partial charge < -0.3 is 4.90 Å². The van der Waals surface area contributed by atoms with Crippen molar-refractivity contribution < 1.29 is 0 Å². The molecule has 1 fully saturated rings. The molecule has 0 unspecified atom stereocenters. The van der Waals surface area contributed by atoms with Gasteiger partial charge in [0.15, 0.2) is 0 Å². The van der Waals surface area contributed by atoms with E-state index in [0.29, 0.717) is 5.25 Å². The summed E-state index contributed by atoms with van der Waals surface area (Å²) >= 11 is 8.09. The Labute approximate surface area is 123 Å².